The number of thiophene rings is 1. The quantitative estimate of drug-likeness (QED) is 0.920. The lowest BCUT2D eigenvalue weighted by Gasteiger charge is -2.05. The second kappa shape index (κ2) is 5.41. The Labute approximate surface area is 121 Å². The molecule has 7 heteroatoms. The number of carboxylic acids is 1. The summed E-state index contributed by atoms with van der Waals surface area (Å²) in [5.74, 6) is -0.933. The normalized spacial score (nSPS) is 11.9. The minimum Gasteiger partial charge on any atom is -0.477 e. The van der Waals surface area contributed by atoms with E-state index in [0.717, 1.165) is 15.3 Å². The fourth-order valence-corrected chi connectivity index (χ4v) is 4.39. The monoisotopic (exact) mass is 313 g/mol. The Balaban J connectivity index is 2.55. The van der Waals surface area contributed by atoms with Crippen LogP contribution in [0.5, 0.6) is 0 Å². The first-order valence-corrected chi connectivity index (χ1v) is 8.38. The zero-order valence-corrected chi connectivity index (χ0v) is 12.7. The average molecular weight is 313 g/mol. The smallest absolute Gasteiger partial charge is 0.353 e. The Morgan fingerprint density at radius 3 is 2.65 bits per heavy atom. The molecule has 20 heavy (non-hydrogen) atoms. The van der Waals surface area contributed by atoms with Gasteiger partial charge in [-0.2, -0.15) is 8.42 Å². The zero-order chi connectivity index (χ0) is 14.9. The van der Waals surface area contributed by atoms with E-state index in [1.54, 1.807) is 11.4 Å². The molecule has 0 unspecified atom stereocenters. The topological polar surface area (TPSA) is 76.4 Å². The third kappa shape index (κ3) is 2.78. The Kier molecular flexibility index (Phi) is 4.01. The second-order valence-corrected chi connectivity index (χ2v) is 7.86. The standard InChI is InChI=1S/C13H15NO4S2/c1-9(2)6-10-7-11(13(15)16)14(8-10)20(17,18)12-4-3-5-19-12/h3-5,7-9H,6H2,1-2H3,(H,15,16). The first-order valence-electron chi connectivity index (χ1n) is 6.06. The van der Waals surface area contributed by atoms with Crippen LogP contribution < -0.4 is 0 Å². The number of aromatic carboxylic acids is 1. The van der Waals surface area contributed by atoms with Crippen LogP contribution in [-0.4, -0.2) is 23.5 Å². The molecule has 0 saturated carbocycles. The van der Waals surface area contributed by atoms with Crippen LogP contribution in [0.3, 0.4) is 0 Å². The molecule has 108 valence electrons. The van der Waals surface area contributed by atoms with Crippen molar-refractivity contribution in [3.63, 3.8) is 0 Å². The van der Waals surface area contributed by atoms with Gasteiger partial charge in [0.05, 0.1) is 0 Å². The maximum Gasteiger partial charge on any atom is 0.353 e. The Hall–Kier alpha value is -1.60. The fraction of sp³-hybridized carbons (Fsp3) is 0.308. The Morgan fingerprint density at radius 2 is 2.15 bits per heavy atom. The van der Waals surface area contributed by atoms with E-state index in [0.29, 0.717) is 17.9 Å². The van der Waals surface area contributed by atoms with Crippen LogP contribution in [0.25, 0.3) is 0 Å². The number of hydrogen-bond donors (Lipinski definition) is 1. The molecule has 2 heterocycles. The van der Waals surface area contributed by atoms with Crippen LogP contribution in [-0.2, 0) is 16.4 Å². The van der Waals surface area contributed by atoms with Gasteiger partial charge in [0.25, 0.3) is 10.0 Å². The van der Waals surface area contributed by atoms with Crippen molar-refractivity contribution < 1.29 is 18.3 Å². The van der Waals surface area contributed by atoms with Gasteiger partial charge in [0, 0.05) is 6.20 Å². The van der Waals surface area contributed by atoms with Gasteiger partial charge in [0.1, 0.15) is 9.90 Å². The summed E-state index contributed by atoms with van der Waals surface area (Å²) < 4.78 is 25.8. The SMILES string of the molecule is CC(C)Cc1cc(C(=O)O)n(S(=O)(=O)c2cccs2)c1. The predicted octanol–water partition coefficient (Wildman–Crippen LogP) is 2.68. The van der Waals surface area contributed by atoms with Crippen LogP contribution >= 0.6 is 11.3 Å². The lowest BCUT2D eigenvalue weighted by atomic mass is 10.1. The summed E-state index contributed by atoms with van der Waals surface area (Å²) in [5.41, 5.74) is 0.478. The highest BCUT2D eigenvalue weighted by molar-refractivity contribution is 7.92. The maximum atomic E-state index is 12.4. The molecule has 0 aliphatic heterocycles. The highest BCUT2D eigenvalue weighted by Gasteiger charge is 2.25. The molecular weight excluding hydrogens is 298 g/mol. The number of carboxylic acid groups (broad SMARTS) is 1. The molecule has 2 rings (SSSR count). The van der Waals surface area contributed by atoms with Gasteiger partial charge in [-0.15, -0.1) is 11.3 Å². The molecule has 0 aromatic carbocycles. The number of carbonyl (C=O) groups is 1. The number of aromatic nitrogens is 1. The number of hydrogen-bond acceptors (Lipinski definition) is 4. The largest absolute Gasteiger partial charge is 0.477 e. The van der Waals surface area contributed by atoms with E-state index in [4.69, 9.17) is 0 Å². The third-order valence-corrected chi connectivity index (χ3v) is 5.76. The molecule has 0 fully saturated rings. The lowest BCUT2D eigenvalue weighted by Crippen LogP contribution is -2.16. The van der Waals surface area contributed by atoms with Gasteiger partial charge in [0.15, 0.2) is 0 Å². The van der Waals surface area contributed by atoms with Crippen LogP contribution in [0.1, 0.15) is 29.9 Å². The maximum absolute atomic E-state index is 12.4. The van der Waals surface area contributed by atoms with E-state index >= 15 is 0 Å². The minimum absolute atomic E-state index is 0.131. The van der Waals surface area contributed by atoms with Crippen molar-refractivity contribution in [2.75, 3.05) is 0 Å². The average Bonchev–Trinajstić information content (AvgIpc) is 2.95. The van der Waals surface area contributed by atoms with E-state index in [-0.39, 0.29) is 9.90 Å². The molecule has 0 atom stereocenters. The summed E-state index contributed by atoms with van der Waals surface area (Å²) in [6, 6.07) is 4.51. The highest BCUT2D eigenvalue weighted by atomic mass is 32.2. The Morgan fingerprint density at radius 1 is 1.45 bits per heavy atom. The minimum atomic E-state index is -3.83. The molecule has 2 aromatic heterocycles. The van der Waals surface area contributed by atoms with Crippen LogP contribution in [0.15, 0.2) is 34.0 Å². The first-order chi connectivity index (χ1) is 9.32. The number of nitrogens with zero attached hydrogens (tertiary/aromatic N) is 1. The fourth-order valence-electron chi connectivity index (χ4n) is 1.94. The summed E-state index contributed by atoms with van der Waals surface area (Å²) in [4.78, 5) is 11.3. The van der Waals surface area contributed by atoms with E-state index in [1.165, 1.54) is 18.3 Å². The van der Waals surface area contributed by atoms with Gasteiger partial charge in [-0.05, 0) is 35.4 Å². The first kappa shape index (κ1) is 14.8. The number of rotatable bonds is 5. The van der Waals surface area contributed by atoms with Gasteiger partial charge in [-0.25, -0.2) is 8.77 Å². The summed E-state index contributed by atoms with van der Waals surface area (Å²) >= 11 is 1.07. The van der Waals surface area contributed by atoms with Crippen molar-refractivity contribution in [2.24, 2.45) is 5.92 Å². The molecule has 0 bridgehead atoms. The zero-order valence-electron chi connectivity index (χ0n) is 11.1. The van der Waals surface area contributed by atoms with E-state index < -0.39 is 16.0 Å². The Bertz CT molecular complexity index is 712. The van der Waals surface area contributed by atoms with Gasteiger partial charge in [-0.3, -0.25) is 0 Å². The lowest BCUT2D eigenvalue weighted by molar-refractivity contribution is 0.0689. The third-order valence-electron chi connectivity index (χ3n) is 2.71. The molecule has 0 aliphatic rings. The van der Waals surface area contributed by atoms with Crippen molar-refractivity contribution in [3.05, 3.63) is 41.0 Å². The van der Waals surface area contributed by atoms with Crippen molar-refractivity contribution in [2.45, 2.75) is 24.5 Å². The molecule has 5 nitrogen and oxygen atoms in total. The highest BCUT2D eigenvalue weighted by Crippen LogP contribution is 2.23. The van der Waals surface area contributed by atoms with Crippen LogP contribution in [0.4, 0.5) is 0 Å². The van der Waals surface area contributed by atoms with Gasteiger partial charge in [-0.1, -0.05) is 19.9 Å². The predicted molar refractivity (Wildman–Crippen MR) is 76.8 cm³/mol. The summed E-state index contributed by atoms with van der Waals surface area (Å²) in [5, 5.41) is 10.8. The van der Waals surface area contributed by atoms with Crippen LogP contribution in [0, 0.1) is 5.92 Å². The van der Waals surface area contributed by atoms with Gasteiger partial charge >= 0.3 is 5.97 Å². The molecule has 0 amide bonds. The van der Waals surface area contributed by atoms with Gasteiger partial charge in [0.2, 0.25) is 0 Å². The van der Waals surface area contributed by atoms with Crippen molar-refractivity contribution in [1.29, 1.82) is 0 Å². The summed E-state index contributed by atoms with van der Waals surface area (Å²) in [6.07, 6.45) is 2.03. The van der Waals surface area contributed by atoms with Crippen molar-refractivity contribution in [3.8, 4) is 0 Å². The molecule has 0 spiro atoms. The second-order valence-electron chi connectivity index (χ2n) is 4.87. The van der Waals surface area contributed by atoms with Crippen molar-refractivity contribution in [1.82, 2.24) is 3.97 Å². The molecule has 0 saturated heterocycles. The van der Waals surface area contributed by atoms with E-state index in [1.807, 2.05) is 13.8 Å². The molecule has 1 N–H and O–H groups in total. The van der Waals surface area contributed by atoms with Gasteiger partial charge < -0.3 is 5.11 Å². The molecule has 2 aromatic rings. The molecule has 0 aliphatic carbocycles. The molecule has 0 radical (unpaired) electrons. The summed E-state index contributed by atoms with van der Waals surface area (Å²) in [6.45, 7) is 3.98. The van der Waals surface area contributed by atoms with Crippen molar-refractivity contribution >= 4 is 27.3 Å². The molecular formula is C13H15NO4S2. The van der Waals surface area contributed by atoms with E-state index in [2.05, 4.69) is 0 Å². The summed E-state index contributed by atoms with van der Waals surface area (Å²) in [7, 11) is -3.83. The van der Waals surface area contributed by atoms with Crippen LogP contribution in [0.2, 0.25) is 0 Å². The van der Waals surface area contributed by atoms with E-state index in [9.17, 15) is 18.3 Å².